The number of carbonyl (C=O) groups excluding carboxylic acids is 4. The first-order chi connectivity index (χ1) is 38.2. The Bertz CT molecular complexity index is 3680. The third kappa shape index (κ3) is 16.2. The van der Waals surface area contributed by atoms with E-state index in [4.69, 9.17) is 9.84 Å². The van der Waals surface area contributed by atoms with E-state index >= 15 is 0 Å². The normalized spacial score (nSPS) is 14.4. The SMILES string of the molecule is C.Cc1c(C#Cc2cnn(C)c2)sc2c1SC[C@H](NC(=O)OC(C)(C)C)C(=O)N2C.Cc1c(C#Cc2cnn(C)c2)sc2c1SC[C@H](NC(=O)c1cnn(Cc3ccccc3)c1)C(=O)N2C.O=C(O)c1cnn(Cc2ccccc2)c1.[CH3-]. The third-order valence-electron chi connectivity index (χ3n) is 12.0. The van der Waals surface area contributed by atoms with Gasteiger partial charge in [-0.3, -0.25) is 33.1 Å². The van der Waals surface area contributed by atoms with Gasteiger partial charge in [0.05, 0.1) is 69.9 Å². The summed E-state index contributed by atoms with van der Waals surface area (Å²) in [6.45, 7) is 10.6. The Morgan fingerprint density at radius 3 is 1.46 bits per heavy atom. The van der Waals surface area contributed by atoms with Crippen molar-refractivity contribution in [2.75, 3.05) is 35.4 Å². The predicted molar refractivity (Wildman–Crippen MR) is 325 cm³/mol. The van der Waals surface area contributed by atoms with Gasteiger partial charge in [-0.05, 0) is 56.9 Å². The number of aromatic nitrogens is 8. The maximum absolute atomic E-state index is 13.3. The Balaban J connectivity index is 0.000000210. The van der Waals surface area contributed by atoms with Gasteiger partial charge < -0.3 is 37.7 Å². The lowest BCUT2D eigenvalue weighted by Crippen LogP contribution is -2.49. The number of nitrogens with one attached hydrogen (secondary N) is 2. The van der Waals surface area contributed by atoms with E-state index in [0.29, 0.717) is 30.2 Å². The van der Waals surface area contributed by atoms with E-state index in [2.05, 4.69) is 54.7 Å². The molecule has 0 fully saturated rings. The summed E-state index contributed by atoms with van der Waals surface area (Å²) in [7, 11) is 7.18. The molecule has 0 bridgehead atoms. The van der Waals surface area contributed by atoms with Gasteiger partial charge in [0.25, 0.3) is 17.7 Å². The van der Waals surface area contributed by atoms with Crippen LogP contribution in [0.3, 0.4) is 0 Å². The van der Waals surface area contributed by atoms with Gasteiger partial charge in [-0.25, -0.2) is 9.59 Å². The highest BCUT2D eigenvalue weighted by Gasteiger charge is 2.35. The number of nitrogens with zero attached hydrogens (tertiary/aromatic N) is 10. The standard InChI is InChI=1S/C26H24N6O2S2.C20H24N4O3S2.C11H10N2O2.CH4.CH3/c1-17-22(10-9-19-11-27-30(2)13-19)36-26-23(17)35-16-21(25(34)31(26)3)29-24(33)20-12-28-32(15-20)14-18-7-5-4-6-8-18;1-12-15(8-7-13-9-21-23(5)10-13)29-18-16(12)28-11-14(17(25)24(18)6)22-19(26)27-20(2,3)4;14-11(15)10-6-12-13(8-10)7-9-4-2-1-3-5-9;;/h4-8,11-13,15,21H,14,16H2,1-3H3,(H,29,33);9-10,14H,11H2,1-6H3,(H,22,26);1-6,8H,7H2,(H,14,15);1H4;1H3/q;;;;-1/t21-;14-;;;/m00.../s1. The molecule has 428 valence electrons. The van der Waals surface area contributed by atoms with E-state index in [1.807, 2.05) is 101 Å². The second-order valence-corrected chi connectivity index (χ2v) is 23.5. The Hall–Kier alpha value is -8.35. The zero-order valence-corrected chi connectivity index (χ0v) is 49.6. The first-order valence-corrected chi connectivity index (χ1v) is 28.5. The van der Waals surface area contributed by atoms with Gasteiger partial charge >= 0.3 is 12.1 Å². The van der Waals surface area contributed by atoms with E-state index in [1.54, 1.807) is 106 Å². The fraction of sp³-hybridized carbons (Fsp3) is 0.288. The molecule has 8 aromatic rings. The van der Waals surface area contributed by atoms with Crippen molar-refractivity contribution < 1.29 is 33.8 Å². The van der Waals surface area contributed by atoms with Gasteiger partial charge in [0.2, 0.25) is 0 Å². The van der Waals surface area contributed by atoms with Crippen LogP contribution in [0.4, 0.5) is 14.8 Å². The van der Waals surface area contributed by atoms with Gasteiger partial charge in [0.15, 0.2) is 0 Å². The van der Waals surface area contributed by atoms with Crippen molar-refractivity contribution in [3.8, 4) is 23.7 Å². The molecule has 0 radical (unpaired) electrons. The van der Waals surface area contributed by atoms with Crippen molar-refractivity contribution in [1.29, 1.82) is 0 Å². The Kier molecular flexibility index (Phi) is 21.4. The molecule has 10 rings (SSSR count). The Labute approximate surface area is 494 Å². The molecule has 0 spiro atoms. The second-order valence-electron chi connectivity index (χ2n) is 19.5. The average molecular weight is 1180 g/mol. The number of carbonyl (C=O) groups is 5. The molecule has 19 nitrogen and oxygen atoms in total. The number of ether oxygens (including phenoxy) is 1. The number of hydrogen-bond acceptors (Lipinski definition) is 14. The average Bonchev–Trinajstić information content (AvgIpc) is 4.40. The molecule has 2 atom stereocenters. The molecule has 8 heterocycles. The van der Waals surface area contributed by atoms with E-state index < -0.39 is 29.7 Å². The summed E-state index contributed by atoms with van der Waals surface area (Å²) in [5.41, 5.74) is 5.98. The minimum Gasteiger partial charge on any atom is -0.478 e. The van der Waals surface area contributed by atoms with Gasteiger partial charge in [0.1, 0.15) is 27.7 Å². The largest absolute Gasteiger partial charge is 0.478 e. The number of carboxylic acids is 1. The lowest BCUT2D eigenvalue weighted by atomic mass is 10.2. The summed E-state index contributed by atoms with van der Waals surface area (Å²) in [5, 5.41) is 32.6. The highest BCUT2D eigenvalue weighted by Crippen LogP contribution is 2.45. The number of rotatable bonds is 8. The van der Waals surface area contributed by atoms with E-state index in [1.165, 1.54) is 41.3 Å². The number of thioether (sulfide) groups is 2. The molecular formula is C59H65N12O7S4-. The number of amides is 4. The molecule has 23 heteroatoms. The van der Waals surface area contributed by atoms with Crippen LogP contribution in [-0.2, 0) is 41.5 Å². The fourth-order valence-corrected chi connectivity index (χ4v) is 13.0. The van der Waals surface area contributed by atoms with Crippen LogP contribution in [0, 0.1) is 45.0 Å². The van der Waals surface area contributed by atoms with Crippen molar-refractivity contribution in [2.45, 2.75) is 82.6 Å². The van der Waals surface area contributed by atoms with E-state index in [9.17, 15) is 24.0 Å². The zero-order chi connectivity index (χ0) is 57.3. The van der Waals surface area contributed by atoms with Gasteiger partial charge in [-0.15, -0.1) is 46.2 Å². The molecule has 0 saturated carbocycles. The fourth-order valence-electron chi connectivity index (χ4n) is 7.93. The van der Waals surface area contributed by atoms with Crippen LogP contribution >= 0.6 is 46.2 Å². The summed E-state index contributed by atoms with van der Waals surface area (Å²) in [6.07, 6.45) is 12.7. The molecule has 0 saturated heterocycles. The number of likely N-dealkylation sites (N-methyl/N-ethyl adjacent to an activating group) is 2. The molecule has 0 aliphatic carbocycles. The number of carboxylic acid groups (broad SMARTS) is 1. The lowest BCUT2D eigenvalue weighted by Gasteiger charge is -2.24. The van der Waals surface area contributed by atoms with Gasteiger partial charge in [-0.2, -0.15) is 20.4 Å². The van der Waals surface area contributed by atoms with Crippen LogP contribution in [0.5, 0.6) is 0 Å². The number of thiophene rings is 2. The molecule has 0 unspecified atom stereocenters. The first kappa shape index (κ1) is 62.8. The highest BCUT2D eigenvalue weighted by atomic mass is 32.2. The predicted octanol–water partition coefficient (Wildman–Crippen LogP) is 9.17. The molecule has 2 aliphatic heterocycles. The van der Waals surface area contributed by atoms with Crippen LogP contribution in [0.1, 0.15) is 92.0 Å². The number of hydrogen-bond donors (Lipinski definition) is 3. The summed E-state index contributed by atoms with van der Waals surface area (Å²) >= 11 is 6.10. The van der Waals surface area contributed by atoms with Crippen molar-refractivity contribution >= 4 is 86.0 Å². The second kappa shape index (κ2) is 27.9. The molecule has 4 amide bonds. The molecular weight excluding hydrogens is 1120 g/mol. The lowest BCUT2D eigenvalue weighted by molar-refractivity contribution is -0.120. The van der Waals surface area contributed by atoms with E-state index in [0.717, 1.165) is 62.9 Å². The Morgan fingerprint density at radius 2 is 1.06 bits per heavy atom. The van der Waals surface area contributed by atoms with Crippen molar-refractivity contribution in [1.82, 2.24) is 49.8 Å². The maximum atomic E-state index is 13.3. The molecule has 3 N–H and O–H groups in total. The molecule has 82 heavy (non-hydrogen) atoms. The van der Waals surface area contributed by atoms with Crippen molar-refractivity contribution in [3.63, 3.8) is 0 Å². The zero-order valence-electron chi connectivity index (χ0n) is 46.4. The number of aryl methyl sites for hydroxylation is 2. The minimum atomic E-state index is -0.950. The van der Waals surface area contributed by atoms with Crippen molar-refractivity contribution in [2.24, 2.45) is 14.1 Å². The molecule has 2 aromatic carbocycles. The summed E-state index contributed by atoms with van der Waals surface area (Å²) in [5.74, 6) is 12.0. The summed E-state index contributed by atoms with van der Waals surface area (Å²) in [4.78, 5) is 69.0. The van der Waals surface area contributed by atoms with Crippen LogP contribution in [0.2, 0.25) is 0 Å². The van der Waals surface area contributed by atoms with Crippen molar-refractivity contribution in [3.05, 3.63) is 172 Å². The molecule has 2 aliphatic rings. The van der Waals surface area contributed by atoms with Crippen LogP contribution in [-0.4, -0.2) is 117 Å². The maximum Gasteiger partial charge on any atom is 0.408 e. The Morgan fingerprint density at radius 1 is 0.634 bits per heavy atom. The number of fused-ring (bicyclic) bond motifs is 2. The van der Waals surface area contributed by atoms with Crippen LogP contribution in [0.15, 0.2) is 120 Å². The summed E-state index contributed by atoms with van der Waals surface area (Å²) < 4.78 is 12.0. The topological polar surface area (TPSA) is 217 Å². The number of anilines is 2. The van der Waals surface area contributed by atoms with Gasteiger partial charge in [-0.1, -0.05) is 91.8 Å². The van der Waals surface area contributed by atoms with Gasteiger partial charge in [0, 0.05) is 74.3 Å². The van der Waals surface area contributed by atoms with Crippen LogP contribution in [0.25, 0.3) is 0 Å². The quantitative estimate of drug-likeness (QED) is 0.0957. The van der Waals surface area contributed by atoms with Crippen LogP contribution < -0.4 is 20.4 Å². The molecule has 6 aromatic heterocycles. The number of alkyl carbamates (subject to hydrolysis) is 1. The van der Waals surface area contributed by atoms with E-state index in [-0.39, 0.29) is 38.1 Å². The smallest absolute Gasteiger partial charge is 0.408 e. The highest BCUT2D eigenvalue weighted by molar-refractivity contribution is 8.00. The third-order valence-corrected chi connectivity index (χ3v) is 17.4. The number of benzene rings is 2. The first-order valence-electron chi connectivity index (χ1n) is 24.9. The monoisotopic (exact) mass is 1180 g/mol. The minimum absolute atomic E-state index is 0. The number of aromatic carboxylic acids is 1. The summed E-state index contributed by atoms with van der Waals surface area (Å²) in [6, 6.07) is 18.4.